The molecule has 1 aliphatic heterocycles. The highest BCUT2D eigenvalue weighted by Gasteiger charge is 2.67. The second kappa shape index (κ2) is 6.86. The maximum atomic E-state index is 13.7. The molecule has 3 aromatic carbocycles. The predicted octanol–water partition coefficient (Wildman–Crippen LogP) is 5.66. The minimum Gasteiger partial charge on any atom is -0.478 e. The van der Waals surface area contributed by atoms with Gasteiger partial charge in [-0.15, -0.1) is 0 Å². The van der Waals surface area contributed by atoms with Crippen molar-refractivity contribution in [3.8, 4) is 0 Å². The lowest BCUT2D eigenvalue weighted by molar-refractivity contribution is -0.120. The lowest BCUT2D eigenvalue weighted by Crippen LogP contribution is -2.33. The molecule has 0 bridgehead atoms. The van der Waals surface area contributed by atoms with Gasteiger partial charge in [-0.25, -0.2) is 4.79 Å². The van der Waals surface area contributed by atoms with Crippen molar-refractivity contribution in [2.45, 2.75) is 24.3 Å². The third-order valence-corrected chi connectivity index (χ3v) is 6.65. The summed E-state index contributed by atoms with van der Waals surface area (Å²) in [6.45, 7) is 0.199. The van der Waals surface area contributed by atoms with Gasteiger partial charge in [-0.2, -0.15) is 0 Å². The minimum atomic E-state index is -1.01. The van der Waals surface area contributed by atoms with Crippen LogP contribution in [0.2, 0.25) is 10.0 Å². The maximum absolute atomic E-state index is 13.7. The Morgan fingerprint density at radius 1 is 1.03 bits per heavy atom. The smallest absolute Gasteiger partial charge is 0.336 e. The standard InChI is InChI=1S/C24H17Cl2NO3/c25-16-7-5-14(6-8-16)20-12-24(20)19-11-17(26)9-10-21(19)27(23(24)30)13-15-3-1-2-4-18(15)22(28)29/h1-11,20H,12-13H2,(H,28,29)/t20-,24-/m1/s1. The Kier molecular flexibility index (Phi) is 4.38. The fourth-order valence-electron chi connectivity index (χ4n) is 4.66. The number of halogens is 2. The number of hydrogen-bond acceptors (Lipinski definition) is 2. The molecule has 5 rings (SSSR count). The number of amides is 1. The summed E-state index contributed by atoms with van der Waals surface area (Å²) in [7, 11) is 0. The number of anilines is 1. The van der Waals surface area contributed by atoms with Gasteiger partial charge in [-0.1, -0.05) is 53.5 Å². The highest BCUT2D eigenvalue weighted by Crippen LogP contribution is 2.66. The second-order valence-electron chi connectivity index (χ2n) is 7.79. The van der Waals surface area contributed by atoms with Crippen LogP contribution in [0.1, 0.15) is 39.4 Å². The topological polar surface area (TPSA) is 57.6 Å². The van der Waals surface area contributed by atoms with Gasteiger partial charge >= 0.3 is 5.97 Å². The van der Waals surface area contributed by atoms with Crippen LogP contribution >= 0.6 is 23.2 Å². The minimum absolute atomic E-state index is 0.0140. The van der Waals surface area contributed by atoms with Crippen molar-refractivity contribution in [1.29, 1.82) is 0 Å². The third kappa shape index (κ3) is 2.83. The highest BCUT2D eigenvalue weighted by atomic mass is 35.5. The number of hydrogen-bond donors (Lipinski definition) is 1. The molecule has 0 saturated heterocycles. The Morgan fingerprint density at radius 2 is 1.73 bits per heavy atom. The van der Waals surface area contributed by atoms with Crippen LogP contribution in [0.4, 0.5) is 5.69 Å². The van der Waals surface area contributed by atoms with Gasteiger partial charge in [-0.05, 0) is 59.5 Å². The van der Waals surface area contributed by atoms with Gasteiger partial charge in [0.15, 0.2) is 0 Å². The summed E-state index contributed by atoms with van der Waals surface area (Å²) in [5, 5.41) is 10.8. The van der Waals surface area contributed by atoms with Crippen molar-refractivity contribution < 1.29 is 14.7 Å². The number of carbonyl (C=O) groups excluding carboxylic acids is 1. The molecule has 1 N–H and O–H groups in total. The molecule has 6 heteroatoms. The molecule has 30 heavy (non-hydrogen) atoms. The van der Waals surface area contributed by atoms with Crippen molar-refractivity contribution in [1.82, 2.24) is 0 Å². The zero-order valence-corrected chi connectivity index (χ0v) is 17.3. The molecule has 1 aliphatic carbocycles. The number of fused-ring (bicyclic) bond motifs is 2. The Labute approximate surface area is 183 Å². The van der Waals surface area contributed by atoms with Crippen molar-refractivity contribution >= 4 is 40.8 Å². The van der Waals surface area contributed by atoms with Crippen molar-refractivity contribution in [2.75, 3.05) is 4.90 Å². The Morgan fingerprint density at radius 3 is 2.47 bits per heavy atom. The van der Waals surface area contributed by atoms with E-state index < -0.39 is 11.4 Å². The summed E-state index contributed by atoms with van der Waals surface area (Å²) in [6, 6.07) is 19.9. The van der Waals surface area contributed by atoms with E-state index in [2.05, 4.69) is 0 Å². The molecule has 150 valence electrons. The Balaban J connectivity index is 1.57. The first-order valence-electron chi connectivity index (χ1n) is 9.60. The van der Waals surface area contributed by atoms with E-state index in [4.69, 9.17) is 23.2 Å². The normalized spacial score (nSPS) is 21.7. The molecule has 1 fully saturated rings. The van der Waals surface area contributed by atoms with E-state index in [0.29, 0.717) is 22.0 Å². The third-order valence-electron chi connectivity index (χ3n) is 6.17. The molecular weight excluding hydrogens is 421 g/mol. The molecule has 1 saturated carbocycles. The predicted molar refractivity (Wildman–Crippen MR) is 117 cm³/mol. The molecule has 1 heterocycles. The summed E-state index contributed by atoms with van der Waals surface area (Å²) in [6.07, 6.45) is 0.692. The van der Waals surface area contributed by atoms with Gasteiger partial charge in [0.2, 0.25) is 5.91 Å². The molecule has 4 nitrogen and oxygen atoms in total. The number of aromatic carboxylic acids is 1. The quantitative estimate of drug-likeness (QED) is 0.572. The van der Waals surface area contributed by atoms with Gasteiger partial charge in [0.05, 0.1) is 17.5 Å². The Hall–Kier alpha value is -2.82. The van der Waals surface area contributed by atoms with E-state index in [1.807, 2.05) is 36.4 Å². The average Bonchev–Trinajstić information content (AvgIpc) is 3.44. The first-order valence-corrected chi connectivity index (χ1v) is 10.4. The first-order chi connectivity index (χ1) is 14.4. The molecular formula is C24H17Cl2NO3. The second-order valence-corrected chi connectivity index (χ2v) is 8.67. The van der Waals surface area contributed by atoms with Gasteiger partial charge in [0.25, 0.3) is 0 Å². The lowest BCUT2D eigenvalue weighted by atomic mass is 9.92. The zero-order chi connectivity index (χ0) is 21.0. The average molecular weight is 438 g/mol. The molecule has 1 amide bonds. The van der Waals surface area contributed by atoms with E-state index in [1.54, 1.807) is 35.2 Å². The molecule has 0 unspecified atom stereocenters. The van der Waals surface area contributed by atoms with E-state index >= 15 is 0 Å². The SMILES string of the molecule is O=C(O)c1ccccc1CN1C(=O)[C@]2(C[C@@H]2c2ccc(Cl)cc2)c2cc(Cl)ccc21. The number of rotatable bonds is 4. The van der Waals surface area contributed by atoms with Crippen molar-refractivity contribution in [2.24, 2.45) is 0 Å². The van der Waals surface area contributed by atoms with Gasteiger partial charge in [0.1, 0.15) is 0 Å². The van der Waals surface area contributed by atoms with E-state index in [9.17, 15) is 14.7 Å². The number of carbonyl (C=O) groups is 2. The van der Waals surface area contributed by atoms with E-state index in [-0.39, 0.29) is 23.9 Å². The summed E-state index contributed by atoms with van der Waals surface area (Å²) < 4.78 is 0. The van der Waals surface area contributed by atoms with Crippen LogP contribution in [-0.4, -0.2) is 17.0 Å². The van der Waals surface area contributed by atoms with Crippen LogP contribution in [0.15, 0.2) is 66.7 Å². The molecule has 0 radical (unpaired) electrons. The molecule has 2 atom stereocenters. The van der Waals surface area contributed by atoms with Crippen molar-refractivity contribution in [3.05, 3.63) is 99.0 Å². The summed E-state index contributed by atoms with van der Waals surface area (Å²) >= 11 is 12.3. The van der Waals surface area contributed by atoms with Gasteiger partial charge in [-0.3, -0.25) is 4.79 Å². The number of benzene rings is 3. The number of carboxylic acid groups (broad SMARTS) is 1. The molecule has 0 aromatic heterocycles. The monoisotopic (exact) mass is 437 g/mol. The van der Waals surface area contributed by atoms with Gasteiger partial charge in [0, 0.05) is 21.7 Å². The van der Waals surface area contributed by atoms with Crippen LogP contribution in [0.3, 0.4) is 0 Å². The molecule has 1 spiro atoms. The Bertz CT molecular complexity index is 1190. The first kappa shape index (κ1) is 19.2. The van der Waals surface area contributed by atoms with Crippen molar-refractivity contribution in [3.63, 3.8) is 0 Å². The highest BCUT2D eigenvalue weighted by molar-refractivity contribution is 6.31. The molecule has 2 aliphatic rings. The fourth-order valence-corrected chi connectivity index (χ4v) is 4.95. The van der Waals surface area contributed by atoms with Crippen LogP contribution in [0, 0.1) is 0 Å². The molecule has 3 aromatic rings. The van der Waals surface area contributed by atoms with Crippen LogP contribution < -0.4 is 4.90 Å². The van der Waals surface area contributed by atoms with E-state index in [1.165, 1.54) is 0 Å². The summed E-state index contributed by atoms with van der Waals surface area (Å²) in [4.78, 5) is 27.0. The largest absolute Gasteiger partial charge is 0.478 e. The van der Waals surface area contributed by atoms with Gasteiger partial charge < -0.3 is 10.0 Å². The van der Waals surface area contributed by atoms with E-state index in [0.717, 1.165) is 16.8 Å². The van der Waals surface area contributed by atoms with Crippen LogP contribution in [-0.2, 0) is 16.8 Å². The van der Waals surface area contributed by atoms with Crippen LogP contribution in [0.5, 0.6) is 0 Å². The number of nitrogens with zero attached hydrogens (tertiary/aromatic N) is 1. The number of carboxylic acids is 1. The maximum Gasteiger partial charge on any atom is 0.336 e. The summed E-state index contributed by atoms with van der Waals surface area (Å²) in [5.41, 5.74) is 2.90. The lowest BCUT2D eigenvalue weighted by Gasteiger charge is -2.19. The van der Waals surface area contributed by atoms with Crippen LogP contribution in [0.25, 0.3) is 0 Å². The fraction of sp³-hybridized carbons (Fsp3) is 0.167. The summed E-state index contributed by atoms with van der Waals surface area (Å²) in [5.74, 6) is -0.979. The zero-order valence-electron chi connectivity index (χ0n) is 15.8.